The molecule has 0 unspecified atom stereocenters. The summed E-state index contributed by atoms with van der Waals surface area (Å²) >= 11 is 1.56. The monoisotopic (exact) mass is 410 g/mol. The van der Waals surface area contributed by atoms with Gasteiger partial charge in [-0.3, -0.25) is 9.59 Å². The molecule has 0 saturated carbocycles. The lowest BCUT2D eigenvalue weighted by atomic mass is 10.0. The van der Waals surface area contributed by atoms with Crippen molar-refractivity contribution in [1.82, 2.24) is 15.5 Å². The van der Waals surface area contributed by atoms with Crippen molar-refractivity contribution in [2.75, 3.05) is 18.0 Å². The molecule has 0 atom stereocenters. The molecule has 4 rings (SSSR count). The Labute approximate surface area is 172 Å². The lowest BCUT2D eigenvalue weighted by Gasteiger charge is -2.29. The first-order valence-electron chi connectivity index (χ1n) is 9.70. The summed E-state index contributed by atoms with van der Waals surface area (Å²) in [4.78, 5) is 26.5. The Balaban J connectivity index is 1.21. The predicted octanol–water partition coefficient (Wildman–Crippen LogP) is 3.22. The molecule has 1 aliphatic heterocycles. The highest BCUT2D eigenvalue weighted by Gasteiger charge is 2.21. The van der Waals surface area contributed by atoms with E-state index in [4.69, 9.17) is 4.42 Å². The molecule has 0 spiro atoms. The molecule has 2 amide bonds. The number of fused-ring (bicyclic) bond motifs is 1. The number of nitrogens with zero attached hydrogens (tertiary/aromatic N) is 3. The van der Waals surface area contributed by atoms with Crippen LogP contribution >= 0.6 is 11.3 Å². The number of hydrogen-bond acceptors (Lipinski definition) is 6. The van der Waals surface area contributed by atoms with Crippen LogP contribution in [0.1, 0.15) is 30.7 Å². The van der Waals surface area contributed by atoms with Gasteiger partial charge in [0.25, 0.3) is 0 Å². The number of anilines is 1. The molecule has 1 N–H and O–H groups in total. The van der Waals surface area contributed by atoms with Crippen molar-refractivity contribution in [3.05, 3.63) is 52.5 Å². The first kappa shape index (κ1) is 19.3. The van der Waals surface area contributed by atoms with Crippen molar-refractivity contribution in [3.8, 4) is 11.5 Å². The summed E-state index contributed by atoms with van der Waals surface area (Å²) in [6.45, 7) is 1.05. The summed E-state index contributed by atoms with van der Waals surface area (Å²) in [5.41, 5.74) is 3.08. The number of carbonyl (C=O) groups is 2. The summed E-state index contributed by atoms with van der Waals surface area (Å²) in [5, 5.41) is 14.7. The first-order chi connectivity index (χ1) is 14.2. The average Bonchev–Trinajstić information content (AvgIpc) is 3.43. The highest BCUT2D eigenvalue weighted by atomic mass is 32.1. The number of rotatable bonds is 7. The molecule has 2 aromatic heterocycles. The van der Waals surface area contributed by atoms with Crippen molar-refractivity contribution in [2.45, 2.75) is 32.1 Å². The van der Waals surface area contributed by atoms with Crippen LogP contribution in [-0.4, -0.2) is 35.1 Å². The van der Waals surface area contributed by atoms with Gasteiger partial charge in [0.05, 0.1) is 0 Å². The second-order valence-corrected chi connectivity index (χ2v) is 7.67. The summed E-state index contributed by atoms with van der Waals surface area (Å²) in [6.07, 6.45) is 2.86. The Morgan fingerprint density at radius 3 is 2.93 bits per heavy atom. The second kappa shape index (κ2) is 9.00. The van der Waals surface area contributed by atoms with E-state index in [1.165, 1.54) is 5.56 Å². The van der Waals surface area contributed by atoms with Crippen LogP contribution in [0.4, 0.5) is 5.69 Å². The maximum absolute atomic E-state index is 12.6. The number of benzene rings is 1. The van der Waals surface area contributed by atoms with Gasteiger partial charge in [-0.05, 0) is 35.9 Å². The van der Waals surface area contributed by atoms with Gasteiger partial charge >= 0.3 is 0 Å². The number of aryl methyl sites for hydroxylation is 2. The minimum atomic E-state index is -0.132. The molecule has 0 saturated heterocycles. The number of amides is 2. The summed E-state index contributed by atoms with van der Waals surface area (Å²) < 4.78 is 5.58. The second-order valence-electron chi connectivity index (χ2n) is 6.89. The number of thiophene rings is 1. The first-order valence-corrected chi connectivity index (χ1v) is 10.6. The zero-order valence-corrected chi connectivity index (χ0v) is 16.8. The smallest absolute Gasteiger partial charge is 0.248 e. The summed E-state index contributed by atoms with van der Waals surface area (Å²) in [5.74, 6) is 0.804. The van der Waals surface area contributed by atoms with Crippen molar-refractivity contribution < 1.29 is 14.0 Å². The van der Waals surface area contributed by atoms with Crippen LogP contribution in [0, 0.1) is 0 Å². The molecular formula is C21H22N4O3S. The number of carbonyl (C=O) groups excluding carboxylic acids is 2. The highest BCUT2D eigenvalue weighted by molar-refractivity contribution is 7.08. The summed E-state index contributed by atoms with van der Waals surface area (Å²) in [7, 11) is 0. The van der Waals surface area contributed by atoms with E-state index < -0.39 is 0 Å². The van der Waals surface area contributed by atoms with E-state index in [0.717, 1.165) is 30.6 Å². The SMILES string of the molecule is O=C(CCc1nnc(-c2ccsc2)o1)NCCC(=O)N1CCCc2ccccc21. The van der Waals surface area contributed by atoms with Crippen LogP contribution in [0.3, 0.4) is 0 Å². The molecule has 0 bridgehead atoms. The minimum absolute atomic E-state index is 0.0368. The van der Waals surface area contributed by atoms with Crippen molar-refractivity contribution in [2.24, 2.45) is 0 Å². The van der Waals surface area contributed by atoms with Gasteiger partial charge in [0.15, 0.2) is 0 Å². The third-order valence-electron chi connectivity index (χ3n) is 4.87. The molecule has 0 radical (unpaired) electrons. The molecular weight excluding hydrogens is 388 g/mol. The Hall–Kier alpha value is -3.00. The topological polar surface area (TPSA) is 88.3 Å². The van der Waals surface area contributed by atoms with Gasteiger partial charge in [0.1, 0.15) is 0 Å². The molecule has 1 aliphatic rings. The minimum Gasteiger partial charge on any atom is -0.421 e. The standard InChI is InChI=1S/C21H22N4O3S/c26-18(7-8-19-23-24-21(28-19)16-10-13-29-14-16)22-11-9-20(27)25-12-3-5-15-4-1-2-6-17(15)25/h1-2,4,6,10,13-14H,3,5,7-9,11-12H2,(H,22,26). The van der Waals surface area contributed by atoms with Gasteiger partial charge in [-0.25, -0.2) is 0 Å². The maximum atomic E-state index is 12.6. The Morgan fingerprint density at radius 1 is 1.17 bits per heavy atom. The zero-order chi connectivity index (χ0) is 20.1. The molecule has 7 nitrogen and oxygen atoms in total. The molecule has 0 fully saturated rings. The number of para-hydroxylation sites is 1. The normalized spacial score (nSPS) is 13.2. The zero-order valence-electron chi connectivity index (χ0n) is 16.0. The fraction of sp³-hybridized carbons (Fsp3) is 0.333. The van der Waals surface area contributed by atoms with Gasteiger partial charge in [0, 0.05) is 49.0 Å². The summed E-state index contributed by atoms with van der Waals surface area (Å²) in [6, 6.07) is 9.91. The van der Waals surface area contributed by atoms with E-state index in [1.54, 1.807) is 11.3 Å². The van der Waals surface area contributed by atoms with E-state index in [1.807, 2.05) is 39.9 Å². The molecule has 29 heavy (non-hydrogen) atoms. The average molecular weight is 410 g/mol. The van der Waals surface area contributed by atoms with Gasteiger partial charge in [0.2, 0.25) is 23.6 Å². The van der Waals surface area contributed by atoms with Gasteiger partial charge < -0.3 is 14.6 Å². The molecule has 3 heterocycles. The van der Waals surface area contributed by atoms with E-state index in [2.05, 4.69) is 21.6 Å². The van der Waals surface area contributed by atoms with E-state index >= 15 is 0 Å². The maximum Gasteiger partial charge on any atom is 0.248 e. The van der Waals surface area contributed by atoms with E-state index in [9.17, 15) is 9.59 Å². The van der Waals surface area contributed by atoms with E-state index in [0.29, 0.717) is 24.7 Å². The number of hydrogen-bond donors (Lipinski definition) is 1. The van der Waals surface area contributed by atoms with Crippen LogP contribution in [0.5, 0.6) is 0 Å². The lowest BCUT2D eigenvalue weighted by molar-refractivity contribution is -0.121. The highest BCUT2D eigenvalue weighted by Crippen LogP contribution is 2.27. The lowest BCUT2D eigenvalue weighted by Crippen LogP contribution is -2.37. The largest absolute Gasteiger partial charge is 0.421 e. The molecule has 0 aliphatic carbocycles. The van der Waals surface area contributed by atoms with Gasteiger partial charge in [-0.1, -0.05) is 18.2 Å². The predicted molar refractivity (Wildman–Crippen MR) is 111 cm³/mol. The van der Waals surface area contributed by atoms with Crippen LogP contribution in [0.25, 0.3) is 11.5 Å². The third kappa shape index (κ3) is 4.71. The van der Waals surface area contributed by atoms with Crippen molar-refractivity contribution >= 4 is 28.8 Å². The molecule has 3 aromatic rings. The Bertz CT molecular complexity index is 983. The quantitative estimate of drug-likeness (QED) is 0.646. The van der Waals surface area contributed by atoms with E-state index in [-0.39, 0.29) is 24.7 Å². The molecule has 8 heteroatoms. The number of aromatic nitrogens is 2. The van der Waals surface area contributed by atoms with Gasteiger partial charge in [-0.2, -0.15) is 11.3 Å². The van der Waals surface area contributed by atoms with Crippen LogP contribution < -0.4 is 10.2 Å². The van der Waals surface area contributed by atoms with Crippen LogP contribution in [0.15, 0.2) is 45.5 Å². The Kier molecular flexibility index (Phi) is 6.00. The Morgan fingerprint density at radius 2 is 2.07 bits per heavy atom. The van der Waals surface area contributed by atoms with Crippen LogP contribution in [0.2, 0.25) is 0 Å². The molecule has 1 aromatic carbocycles. The fourth-order valence-electron chi connectivity index (χ4n) is 3.40. The van der Waals surface area contributed by atoms with Crippen molar-refractivity contribution in [1.29, 1.82) is 0 Å². The fourth-order valence-corrected chi connectivity index (χ4v) is 4.03. The number of nitrogens with one attached hydrogen (secondary N) is 1. The third-order valence-corrected chi connectivity index (χ3v) is 5.56. The molecule has 150 valence electrons. The van der Waals surface area contributed by atoms with Crippen molar-refractivity contribution in [3.63, 3.8) is 0 Å². The van der Waals surface area contributed by atoms with Gasteiger partial charge in [-0.15, -0.1) is 10.2 Å². The van der Waals surface area contributed by atoms with Crippen LogP contribution in [-0.2, 0) is 22.4 Å².